The number of fused-ring (bicyclic) bond motifs is 6. The monoisotopic (exact) mass is 482 g/mol. The van der Waals surface area contributed by atoms with Crippen molar-refractivity contribution in [3.63, 3.8) is 0 Å². The lowest BCUT2D eigenvalue weighted by Crippen LogP contribution is -2.44. The van der Waals surface area contributed by atoms with Crippen molar-refractivity contribution in [1.29, 1.82) is 0 Å². The molecule has 0 unspecified atom stereocenters. The lowest BCUT2D eigenvalue weighted by molar-refractivity contribution is -0.105. The Bertz CT molecular complexity index is 1350. The average molecular weight is 483 g/mol. The fourth-order valence-electron chi connectivity index (χ4n) is 5.68. The van der Waals surface area contributed by atoms with Gasteiger partial charge < -0.3 is 9.47 Å². The molecule has 170 valence electrons. The van der Waals surface area contributed by atoms with Crippen molar-refractivity contribution in [3.05, 3.63) is 108 Å². The SMILES string of the molecule is CN1C=C(C=O)[C@H]2C[C@@H]1c1c(n(C)c3ccccc13)C2(Sc1ccccc1)Sc1ccccc1. The Kier molecular flexibility index (Phi) is 5.34. The number of benzene rings is 3. The van der Waals surface area contributed by atoms with Crippen LogP contribution in [0.4, 0.5) is 0 Å². The minimum Gasteiger partial charge on any atom is -0.373 e. The van der Waals surface area contributed by atoms with Crippen LogP contribution in [0.3, 0.4) is 0 Å². The number of thioether (sulfide) groups is 2. The van der Waals surface area contributed by atoms with Crippen LogP contribution in [-0.2, 0) is 15.9 Å². The van der Waals surface area contributed by atoms with Crippen LogP contribution in [0.1, 0.15) is 23.7 Å². The molecule has 34 heavy (non-hydrogen) atoms. The predicted molar refractivity (Wildman–Crippen MR) is 142 cm³/mol. The van der Waals surface area contributed by atoms with Gasteiger partial charge in [0.05, 0.1) is 11.7 Å². The minimum absolute atomic E-state index is 0.0807. The highest BCUT2D eigenvalue weighted by Gasteiger charge is 2.55. The molecule has 2 aliphatic rings. The molecule has 0 saturated carbocycles. The summed E-state index contributed by atoms with van der Waals surface area (Å²) >= 11 is 3.78. The lowest BCUT2D eigenvalue weighted by atomic mass is 9.76. The van der Waals surface area contributed by atoms with E-state index in [0.717, 1.165) is 18.3 Å². The van der Waals surface area contributed by atoms with E-state index in [-0.39, 0.29) is 12.0 Å². The molecular formula is C29H26N2OS2. The second-order valence-corrected chi connectivity index (χ2v) is 12.0. The summed E-state index contributed by atoms with van der Waals surface area (Å²) in [6.07, 6.45) is 4.08. The highest BCUT2D eigenvalue weighted by Crippen LogP contribution is 2.66. The summed E-state index contributed by atoms with van der Waals surface area (Å²) in [6.45, 7) is 0. The molecule has 1 aliphatic heterocycles. The van der Waals surface area contributed by atoms with Crippen LogP contribution in [0.15, 0.2) is 106 Å². The molecule has 1 aliphatic carbocycles. The van der Waals surface area contributed by atoms with Crippen LogP contribution in [-0.4, -0.2) is 22.8 Å². The third kappa shape index (κ3) is 3.25. The molecule has 5 heteroatoms. The van der Waals surface area contributed by atoms with E-state index in [9.17, 15) is 4.79 Å². The zero-order valence-corrected chi connectivity index (χ0v) is 20.9. The quantitative estimate of drug-likeness (QED) is 0.226. The van der Waals surface area contributed by atoms with Gasteiger partial charge >= 0.3 is 0 Å². The van der Waals surface area contributed by atoms with E-state index < -0.39 is 4.08 Å². The van der Waals surface area contributed by atoms with Crippen LogP contribution in [0, 0.1) is 5.92 Å². The molecule has 0 amide bonds. The number of allylic oxidation sites excluding steroid dienone is 1. The molecule has 1 aromatic heterocycles. The van der Waals surface area contributed by atoms with Gasteiger partial charge in [-0.25, -0.2) is 0 Å². The summed E-state index contributed by atoms with van der Waals surface area (Å²) in [4.78, 5) is 17.1. The molecule has 6 rings (SSSR count). The zero-order chi connectivity index (χ0) is 23.3. The molecule has 2 atom stereocenters. The van der Waals surface area contributed by atoms with E-state index in [1.165, 1.54) is 32.0 Å². The van der Waals surface area contributed by atoms with E-state index in [2.05, 4.69) is 115 Å². The molecule has 4 aromatic rings. The number of hydrogen-bond donors (Lipinski definition) is 0. The maximum atomic E-state index is 12.4. The normalized spacial score (nSPS) is 20.6. The van der Waals surface area contributed by atoms with Gasteiger partial charge in [0.25, 0.3) is 0 Å². The molecular weight excluding hydrogens is 456 g/mol. The fourth-order valence-corrected chi connectivity index (χ4v) is 9.15. The zero-order valence-electron chi connectivity index (χ0n) is 19.2. The first kappa shape index (κ1) is 21.6. The van der Waals surface area contributed by atoms with Gasteiger partial charge in [-0.3, -0.25) is 4.79 Å². The molecule has 2 heterocycles. The third-order valence-electron chi connectivity index (χ3n) is 7.14. The molecule has 0 radical (unpaired) electrons. The second kappa shape index (κ2) is 8.40. The van der Waals surface area contributed by atoms with E-state index in [4.69, 9.17) is 0 Å². The van der Waals surface area contributed by atoms with Crippen LogP contribution >= 0.6 is 23.5 Å². The summed E-state index contributed by atoms with van der Waals surface area (Å²) in [5.41, 5.74) is 4.83. The van der Waals surface area contributed by atoms with Crippen molar-refractivity contribution in [2.45, 2.75) is 26.3 Å². The first-order valence-corrected chi connectivity index (χ1v) is 13.2. The van der Waals surface area contributed by atoms with Crippen molar-refractivity contribution in [2.75, 3.05) is 7.05 Å². The highest BCUT2D eigenvalue weighted by molar-refractivity contribution is 8.17. The van der Waals surface area contributed by atoms with Crippen molar-refractivity contribution in [2.24, 2.45) is 13.0 Å². The van der Waals surface area contributed by atoms with Crippen molar-refractivity contribution < 1.29 is 4.79 Å². The summed E-state index contributed by atoms with van der Waals surface area (Å²) in [7, 11) is 4.30. The lowest BCUT2D eigenvalue weighted by Gasteiger charge is -2.51. The maximum absolute atomic E-state index is 12.4. The van der Waals surface area contributed by atoms with Crippen molar-refractivity contribution in [3.8, 4) is 0 Å². The van der Waals surface area contributed by atoms with Gasteiger partial charge in [-0.15, -0.1) is 23.5 Å². The van der Waals surface area contributed by atoms with Crippen LogP contribution in [0.2, 0.25) is 0 Å². The van der Waals surface area contributed by atoms with E-state index in [0.29, 0.717) is 0 Å². The number of hydrogen-bond acceptors (Lipinski definition) is 4. The molecule has 0 fully saturated rings. The summed E-state index contributed by atoms with van der Waals surface area (Å²) in [5, 5.41) is 1.31. The Morgan fingerprint density at radius 1 is 0.853 bits per heavy atom. The first-order chi connectivity index (χ1) is 16.6. The Morgan fingerprint density at radius 3 is 2.06 bits per heavy atom. The Labute approximate surface area is 208 Å². The van der Waals surface area contributed by atoms with Crippen LogP contribution in [0.25, 0.3) is 10.9 Å². The number of nitrogens with zero attached hydrogens (tertiary/aromatic N) is 2. The number of carbonyl (C=O) groups excluding carboxylic acids is 1. The van der Waals surface area contributed by atoms with Gasteiger partial charge in [-0.05, 0) is 36.8 Å². The Hall–Kier alpha value is -2.89. The van der Waals surface area contributed by atoms with Gasteiger partial charge in [0.2, 0.25) is 0 Å². The first-order valence-electron chi connectivity index (χ1n) is 11.6. The molecule has 3 aromatic carbocycles. The molecule has 0 N–H and O–H groups in total. The average Bonchev–Trinajstić information content (AvgIpc) is 3.18. The maximum Gasteiger partial charge on any atom is 0.147 e. The summed E-state index contributed by atoms with van der Waals surface area (Å²) in [6, 6.07) is 30.2. The number of para-hydroxylation sites is 1. The summed E-state index contributed by atoms with van der Waals surface area (Å²) in [5.74, 6) is 0.0807. The molecule has 0 spiro atoms. The molecule has 3 nitrogen and oxygen atoms in total. The smallest absolute Gasteiger partial charge is 0.147 e. The third-order valence-corrected chi connectivity index (χ3v) is 10.2. The van der Waals surface area contributed by atoms with Crippen molar-refractivity contribution in [1.82, 2.24) is 9.47 Å². The van der Waals surface area contributed by atoms with Crippen LogP contribution in [0.5, 0.6) is 0 Å². The molecule has 2 bridgehead atoms. The van der Waals surface area contributed by atoms with Gasteiger partial charge in [-0.2, -0.15) is 0 Å². The number of carbonyl (C=O) groups is 1. The summed E-state index contributed by atoms with van der Waals surface area (Å²) < 4.78 is 1.99. The highest BCUT2D eigenvalue weighted by atomic mass is 32.2. The number of rotatable bonds is 5. The second-order valence-electron chi connectivity index (χ2n) is 9.05. The van der Waals surface area contributed by atoms with Gasteiger partial charge in [0, 0.05) is 58.0 Å². The molecule has 0 saturated heterocycles. The van der Waals surface area contributed by atoms with E-state index in [1.807, 2.05) is 23.5 Å². The standard InChI is InChI=1S/C29H26N2OS2/c1-30-18-20(19-32)24-17-26(30)27-23-15-9-10-16-25(23)31(2)28(27)29(24,33-21-11-5-3-6-12-21)34-22-13-7-4-8-14-22/h3-16,18-19,24,26H,17H2,1-2H3/t24-,26-/m1/s1. The van der Waals surface area contributed by atoms with Crippen LogP contribution < -0.4 is 0 Å². The number of aryl methyl sites for hydroxylation is 1. The van der Waals surface area contributed by atoms with Crippen molar-refractivity contribution >= 4 is 40.7 Å². The van der Waals surface area contributed by atoms with Gasteiger partial charge in [-0.1, -0.05) is 54.6 Å². The largest absolute Gasteiger partial charge is 0.373 e. The topological polar surface area (TPSA) is 25.2 Å². The number of aromatic nitrogens is 1. The minimum atomic E-state index is -0.393. The Balaban J connectivity index is 1.69. The Morgan fingerprint density at radius 2 is 1.44 bits per heavy atom. The van der Waals surface area contributed by atoms with Gasteiger partial charge in [0.15, 0.2) is 0 Å². The van der Waals surface area contributed by atoms with E-state index in [1.54, 1.807) is 0 Å². The number of aldehydes is 1. The fraction of sp³-hybridized carbons (Fsp3) is 0.207. The van der Waals surface area contributed by atoms with Gasteiger partial charge in [0.1, 0.15) is 10.4 Å². The van der Waals surface area contributed by atoms with E-state index >= 15 is 0 Å². The predicted octanol–water partition coefficient (Wildman–Crippen LogP) is 7.00.